The van der Waals surface area contributed by atoms with Crippen molar-refractivity contribution >= 4 is 30.7 Å². The molecular formula is C12H22Cl2N4O. The van der Waals surface area contributed by atoms with E-state index in [9.17, 15) is 4.79 Å². The molecule has 1 aliphatic rings. The number of carbonyl (C=O) groups is 1. The summed E-state index contributed by atoms with van der Waals surface area (Å²) in [6.07, 6.45) is 9.74. The van der Waals surface area contributed by atoms with Gasteiger partial charge in [0, 0.05) is 25.5 Å². The van der Waals surface area contributed by atoms with E-state index in [0.717, 1.165) is 38.9 Å². The summed E-state index contributed by atoms with van der Waals surface area (Å²) in [6, 6.07) is 0.0250. The van der Waals surface area contributed by atoms with Crippen LogP contribution in [-0.2, 0) is 11.3 Å². The Morgan fingerprint density at radius 2 is 2.26 bits per heavy atom. The SMILES string of the molecule is Cl.Cl.O=C(NCCCn1ccnc1)C1CCCCN1. The molecule has 1 amide bonds. The standard InChI is InChI=1S/C12H20N4O.2ClH/c17-12(11-4-1-2-5-14-11)15-6-3-8-16-9-7-13-10-16;;/h7,9-11,14H,1-6,8H2,(H,15,17);2*1H. The van der Waals surface area contributed by atoms with Crippen molar-refractivity contribution in [2.45, 2.75) is 38.3 Å². The zero-order valence-corrected chi connectivity index (χ0v) is 12.5. The summed E-state index contributed by atoms with van der Waals surface area (Å²) in [6.45, 7) is 2.60. The van der Waals surface area contributed by atoms with Gasteiger partial charge in [0.2, 0.25) is 5.91 Å². The minimum Gasteiger partial charge on any atom is -0.355 e. The van der Waals surface area contributed by atoms with Gasteiger partial charge in [0.15, 0.2) is 0 Å². The lowest BCUT2D eigenvalue weighted by Crippen LogP contribution is -2.46. The van der Waals surface area contributed by atoms with E-state index < -0.39 is 0 Å². The van der Waals surface area contributed by atoms with Gasteiger partial charge in [-0.15, -0.1) is 24.8 Å². The number of nitrogens with one attached hydrogen (secondary N) is 2. The zero-order chi connectivity index (χ0) is 11.9. The van der Waals surface area contributed by atoms with Crippen LogP contribution >= 0.6 is 24.8 Å². The highest BCUT2D eigenvalue weighted by Crippen LogP contribution is 2.06. The maximum absolute atomic E-state index is 11.8. The Morgan fingerprint density at radius 3 is 2.89 bits per heavy atom. The molecule has 7 heteroatoms. The van der Waals surface area contributed by atoms with Crippen LogP contribution in [0.15, 0.2) is 18.7 Å². The smallest absolute Gasteiger partial charge is 0.237 e. The molecule has 1 atom stereocenters. The van der Waals surface area contributed by atoms with Crippen LogP contribution in [0.4, 0.5) is 0 Å². The van der Waals surface area contributed by atoms with Crippen molar-refractivity contribution in [1.82, 2.24) is 20.2 Å². The number of piperidine rings is 1. The zero-order valence-electron chi connectivity index (χ0n) is 10.9. The van der Waals surface area contributed by atoms with E-state index in [2.05, 4.69) is 15.6 Å². The van der Waals surface area contributed by atoms with Crippen molar-refractivity contribution in [1.29, 1.82) is 0 Å². The van der Waals surface area contributed by atoms with Gasteiger partial charge in [0.25, 0.3) is 0 Å². The first-order valence-electron chi connectivity index (χ1n) is 6.33. The molecule has 2 heterocycles. The Kier molecular flexibility index (Phi) is 9.65. The summed E-state index contributed by atoms with van der Waals surface area (Å²) in [5, 5.41) is 6.23. The van der Waals surface area contributed by atoms with Gasteiger partial charge in [-0.25, -0.2) is 4.98 Å². The lowest BCUT2D eigenvalue weighted by molar-refractivity contribution is -0.123. The van der Waals surface area contributed by atoms with Crippen molar-refractivity contribution in [3.63, 3.8) is 0 Å². The van der Waals surface area contributed by atoms with Crippen LogP contribution in [-0.4, -0.2) is 34.6 Å². The van der Waals surface area contributed by atoms with Gasteiger partial charge < -0.3 is 15.2 Å². The minimum absolute atomic E-state index is 0. The fourth-order valence-corrected chi connectivity index (χ4v) is 2.09. The summed E-state index contributed by atoms with van der Waals surface area (Å²) < 4.78 is 2.02. The maximum Gasteiger partial charge on any atom is 0.237 e. The van der Waals surface area contributed by atoms with Crippen molar-refractivity contribution in [3.05, 3.63) is 18.7 Å². The van der Waals surface area contributed by atoms with Gasteiger partial charge >= 0.3 is 0 Å². The lowest BCUT2D eigenvalue weighted by Gasteiger charge is -2.22. The van der Waals surface area contributed by atoms with Crippen LogP contribution in [0, 0.1) is 0 Å². The van der Waals surface area contributed by atoms with Gasteiger partial charge in [-0.1, -0.05) is 6.42 Å². The third-order valence-electron chi connectivity index (χ3n) is 3.08. The highest BCUT2D eigenvalue weighted by atomic mass is 35.5. The molecule has 1 saturated heterocycles. The van der Waals surface area contributed by atoms with Crippen LogP contribution in [0.2, 0.25) is 0 Å². The summed E-state index contributed by atoms with van der Waals surface area (Å²) >= 11 is 0. The van der Waals surface area contributed by atoms with Gasteiger partial charge in [0.1, 0.15) is 0 Å². The maximum atomic E-state index is 11.8. The molecule has 2 rings (SSSR count). The molecule has 110 valence electrons. The number of amides is 1. The van der Waals surface area contributed by atoms with E-state index in [1.54, 1.807) is 12.5 Å². The number of hydrogen-bond donors (Lipinski definition) is 2. The van der Waals surface area contributed by atoms with Gasteiger partial charge in [-0.3, -0.25) is 4.79 Å². The van der Waals surface area contributed by atoms with Crippen LogP contribution in [0.25, 0.3) is 0 Å². The van der Waals surface area contributed by atoms with Gasteiger partial charge in [-0.2, -0.15) is 0 Å². The number of carbonyl (C=O) groups excluding carboxylic acids is 1. The molecule has 0 aromatic carbocycles. The molecule has 1 aliphatic heterocycles. The average Bonchev–Trinajstić information content (AvgIpc) is 2.88. The first-order chi connectivity index (χ1) is 8.36. The first-order valence-corrected chi connectivity index (χ1v) is 6.33. The van der Waals surface area contributed by atoms with Crippen LogP contribution in [0.1, 0.15) is 25.7 Å². The topological polar surface area (TPSA) is 59.0 Å². The van der Waals surface area contributed by atoms with Gasteiger partial charge in [-0.05, 0) is 25.8 Å². The van der Waals surface area contributed by atoms with Crippen molar-refractivity contribution in [3.8, 4) is 0 Å². The highest BCUT2D eigenvalue weighted by Gasteiger charge is 2.19. The molecule has 0 spiro atoms. The van der Waals surface area contributed by atoms with Crippen LogP contribution in [0.3, 0.4) is 0 Å². The van der Waals surface area contributed by atoms with E-state index in [0.29, 0.717) is 0 Å². The molecule has 1 fully saturated rings. The summed E-state index contributed by atoms with van der Waals surface area (Å²) in [5.74, 6) is 0.148. The second kappa shape index (κ2) is 10.1. The molecule has 0 saturated carbocycles. The van der Waals surface area contributed by atoms with Crippen LogP contribution < -0.4 is 10.6 Å². The van der Waals surface area contributed by atoms with E-state index in [1.165, 1.54) is 6.42 Å². The highest BCUT2D eigenvalue weighted by molar-refractivity contribution is 5.85. The third kappa shape index (κ3) is 6.27. The minimum atomic E-state index is 0. The fraction of sp³-hybridized carbons (Fsp3) is 0.667. The van der Waals surface area contributed by atoms with Crippen LogP contribution in [0.5, 0.6) is 0 Å². The molecule has 1 unspecified atom stereocenters. The Balaban J connectivity index is 0.00000162. The number of imidazole rings is 1. The molecule has 0 aliphatic carbocycles. The molecule has 19 heavy (non-hydrogen) atoms. The molecule has 2 N–H and O–H groups in total. The summed E-state index contributed by atoms with van der Waals surface area (Å²) in [5.41, 5.74) is 0. The van der Waals surface area contributed by atoms with E-state index in [4.69, 9.17) is 0 Å². The number of aromatic nitrogens is 2. The molecule has 0 radical (unpaired) electrons. The number of hydrogen-bond acceptors (Lipinski definition) is 3. The second-order valence-corrected chi connectivity index (χ2v) is 4.45. The van der Waals surface area contributed by atoms with Gasteiger partial charge in [0.05, 0.1) is 12.4 Å². The molecule has 1 aromatic rings. The fourth-order valence-electron chi connectivity index (χ4n) is 2.09. The van der Waals surface area contributed by atoms with E-state index in [1.807, 2.05) is 10.8 Å². The number of nitrogens with zero attached hydrogens (tertiary/aromatic N) is 2. The quantitative estimate of drug-likeness (QED) is 0.808. The molecular weight excluding hydrogens is 287 g/mol. The van der Waals surface area contributed by atoms with Crippen molar-refractivity contribution < 1.29 is 4.79 Å². The summed E-state index contributed by atoms with van der Waals surface area (Å²) in [4.78, 5) is 15.7. The predicted octanol–water partition coefficient (Wildman–Crippen LogP) is 1.38. The lowest BCUT2D eigenvalue weighted by atomic mass is 10.0. The largest absolute Gasteiger partial charge is 0.355 e. The normalized spacial score (nSPS) is 18.0. The number of rotatable bonds is 5. The molecule has 1 aromatic heterocycles. The number of aryl methyl sites for hydroxylation is 1. The predicted molar refractivity (Wildman–Crippen MR) is 80.0 cm³/mol. The summed E-state index contributed by atoms with van der Waals surface area (Å²) in [7, 11) is 0. The monoisotopic (exact) mass is 308 g/mol. The Labute approximate surface area is 126 Å². The molecule has 0 bridgehead atoms. The molecule has 5 nitrogen and oxygen atoms in total. The Hall–Kier alpha value is -0.780. The van der Waals surface area contributed by atoms with E-state index in [-0.39, 0.29) is 36.8 Å². The Morgan fingerprint density at radius 1 is 1.42 bits per heavy atom. The van der Waals surface area contributed by atoms with Crippen molar-refractivity contribution in [2.75, 3.05) is 13.1 Å². The second-order valence-electron chi connectivity index (χ2n) is 4.45. The first kappa shape index (κ1) is 18.2. The number of halogens is 2. The van der Waals surface area contributed by atoms with E-state index >= 15 is 0 Å². The Bertz CT molecular complexity index is 340. The third-order valence-corrected chi connectivity index (χ3v) is 3.08. The average molecular weight is 309 g/mol. The van der Waals surface area contributed by atoms with Crippen molar-refractivity contribution in [2.24, 2.45) is 0 Å².